The Labute approximate surface area is 334 Å². The minimum atomic E-state index is -1.39. The number of ether oxygens (including phenoxy) is 6. The molecule has 5 rings (SSSR count). The molecule has 0 bridgehead atoms. The van der Waals surface area contributed by atoms with Gasteiger partial charge in [-0.05, 0) is 95.6 Å². The van der Waals surface area contributed by atoms with Crippen LogP contribution in [0.1, 0.15) is 140 Å². The number of hydrogen-bond donors (Lipinski definition) is 3. The summed E-state index contributed by atoms with van der Waals surface area (Å²) in [5.41, 5.74) is -1.66. The Kier molecular flexibility index (Phi) is 14.0. The van der Waals surface area contributed by atoms with E-state index in [1.807, 2.05) is 48.5 Å². The number of carbonyl (C=O) groups excluding carboxylic acids is 2. The molecule has 0 radical (unpaired) electrons. The fraction of sp³-hybridized carbons (Fsp3) is 0.886. The lowest BCUT2D eigenvalue weighted by Crippen LogP contribution is -2.63. The second-order valence-electron chi connectivity index (χ2n) is 18.5. The second-order valence-corrected chi connectivity index (χ2v) is 18.5. The fourth-order valence-corrected chi connectivity index (χ4v) is 10.9. The number of aliphatic hydroxyl groups is 2. The van der Waals surface area contributed by atoms with Crippen LogP contribution in [0.5, 0.6) is 0 Å². The Balaban J connectivity index is 1.36. The van der Waals surface area contributed by atoms with Gasteiger partial charge in [-0.2, -0.15) is 0 Å². The van der Waals surface area contributed by atoms with E-state index in [1.54, 1.807) is 12.2 Å². The molecule has 4 saturated heterocycles. The van der Waals surface area contributed by atoms with Crippen molar-refractivity contribution in [2.45, 2.75) is 206 Å². The molecule has 0 aromatic heterocycles. The standard InChI is InChI=1S/C44H72O12/c1-12-31(40(48)49)33-16-15-24(4)37(53-33)28(8)39(52-30(10)45)27(7)36(47)32(13-2)38-25(5)23-26(6)43(54-38)20-17-34(46)44(56-43)22-21-41(11,55-44)35-18-19-42(50,14-3)29(9)51-35/h17,20,24-29,31-35,37-39,46,50H,12-16,18-19,21-23H2,1-11H3,(H,48,49). The number of aliphatic carboxylic acids is 1. The van der Waals surface area contributed by atoms with E-state index in [0.29, 0.717) is 57.8 Å². The van der Waals surface area contributed by atoms with Gasteiger partial charge in [0.1, 0.15) is 18.0 Å². The van der Waals surface area contributed by atoms with Crippen molar-refractivity contribution in [2.24, 2.45) is 41.4 Å². The highest BCUT2D eigenvalue weighted by Crippen LogP contribution is 2.54. The SMILES string of the molecule is CCC(C(=O)O)C1CCC(C)C(C(C)C(OC(C)=O)C(C)C(=O)C(CC)C2OC3(C=CC(O)C4(CCC(C)(C5CCC(O)(CC)C(C)O5)O4)O3)C(C)CC2C)O1. The number of hydrogen-bond acceptors (Lipinski definition) is 11. The van der Waals surface area contributed by atoms with Gasteiger partial charge in [-0.1, -0.05) is 55.4 Å². The summed E-state index contributed by atoms with van der Waals surface area (Å²) >= 11 is 0. The third-order valence-corrected chi connectivity index (χ3v) is 14.7. The number of carboxylic acid groups (broad SMARTS) is 1. The molecule has 5 heterocycles. The molecular weight excluding hydrogens is 720 g/mol. The number of rotatable bonds is 13. The van der Waals surface area contributed by atoms with E-state index in [2.05, 4.69) is 20.8 Å². The van der Waals surface area contributed by atoms with Gasteiger partial charge in [0.25, 0.3) is 0 Å². The zero-order chi connectivity index (χ0) is 41.5. The molecule has 0 aromatic carbocycles. The Morgan fingerprint density at radius 3 is 2.16 bits per heavy atom. The molecule has 320 valence electrons. The van der Waals surface area contributed by atoms with Crippen LogP contribution in [0.15, 0.2) is 12.2 Å². The highest BCUT2D eigenvalue weighted by molar-refractivity contribution is 5.84. The maximum Gasteiger partial charge on any atom is 0.309 e. The predicted molar refractivity (Wildman–Crippen MR) is 208 cm³/mol. The maximum atomic E-state index is 14.8. The Morgan fingerprint density at radius 1 is 0.893 bits per heavy atom. The van der Waals surface area contributed by atoms with E-state index >= 15 is 0 Å². The molecule has 2 spiro atoms. The quantitative estimate of drug-likeness (QED) is 0.133. The maximum absolute atomic E-state index is 14.8. The molecule has 12 nitrogen and oxygen atoms in total. The molecule has 0 aliphatic carbocycles. The lowest BCUT2D eigenvalue weighted by atomic mass is 9.72. The van der Waals surface area contributed by atoms with Gasteiger partial charge in [0.2, 0.25) is 5.79 Å². The average Bonchev–Trinajstić information content (AvgIpc) is 3.49. The summed E-state index contributed by atoms with van der Waals surface area (Å²) in [4.78, 5) is 39.4. The van der Waals surface area contributed by atoms with Crippen molar-refractivity contribution in [1.29, 1.82) is 0 Å². The molecule has 18 atom stereocenters. The third kappa shape index (κ3) is 8.54. The van der Waals surface area contributed by atoms with E-state index in [1.165, 1.54) is 6.92 Å². The summed E-state index contributed by atoms with van der Waals surface area (Å²) in [7, 11) is 0. The van der Waals surface area contributed by atoms with Gasteiger partial charge >= 0.3 is 11.9 Å². The van der Waals surface area contributed by atoms with Crippen molar-refractivity contribution in [3.05, 3.63) is 12.2 Å². The van der Waals surface area contributed by atoms with Crippen molar-refractivity contribution in [2.75, 3.05) is 0 Å². The monoisotopic (exact) mass is 793 g/mol. The summed E-state index contributed by atoms with van der Waals surface area (Å²) in [5.74, 6) is -6.51. The van der Waals surface area contributed by atoms with Crippen LogP contribution in [-0.2, 0) is 42.8 Å². The minimum Gasteiger partial charge on any atom is -0.481 e. The number of ketones is 1. The lowest BCUT2D eigenvalue weighted by Gasteiger charge is -2.54. The Hall–Kier alpha value is -1.93. The molecular formula is C44H72O12. The van der Waals surface area contributed by atoms with Gasteiger partial charge in [-0.25, -0.2) is 0 Å². The summed E-state index contributed by atoms with van der Waals surface area (Å²) in [6.45, 7) is 21.0. The first-order chi connectivity index (χ1) is 26.2. The van der Waals surface area contributed by atoms with Crippen molar-refractivity contribution in [3.63, 3.8) is 0 Å². The molecule has 0 aromatic rings. The number of Topliss-reactive ketones (excluding diaryl/α,β-unsaturated/α-hetero) is 1. The van der Waals surface area contributed by atoms with Gasteiger partial charge in [0, 0.05) is 31.1 Å². The van der Waals surface area contributed by atoms with E-state index in [4.69, 9.17) is 28.4 Å². The molecule has 5 aliphatic heterocycles. The van der Waals surface area contributed by atoms with Crippen LogP contribution >= 0.6 is 0 Å². The molecule has 0 amide bonds. The van der Waals surface area contributed by atoms with E-state index in [9.17, 15) is 29.7 Å². The molecule has 18 unspecified atom stereocenters. The van der Waals surface area contributed by atoms with Crippen molar-refractivity contribution < 1.29 is 58.1 Å². The topological polar surface area (TPSA) is 167 Å². The Morgan fingerprint density at radius 2 is 1.57 bits per heavy atom. The zero-order valence-corrected chi connectivity index (χ0v) is 35.8. The molecule has 56 heavy (non-hydrogen) atoms. The predicted octanol–water partition coefficient (Wildman–Crippen LogP) is 6.76. The zero-order valence-electron chi connectivity index (χ0n) is 35.8. The normalized spacial score (nSPS) is 44.2. The number of esters is 1. The first kappa shape index (κ1) is 45.2. The lowest BCUT2D eigenvalue weighted by molar-refractivity contribution is -0.409. The molecule has 3 N–H and O–H groups in total. The summed E-state index contributed by atoms with van der Waals surface area (Å²) in [5, 5.41) is 32.4. The largest absolute Gasteiger partial charge is 0.481 e. The molecule has 12 heteroatoms. The van der Waals surface area contributed by atoms with Crippen LogP contribution in [0, 0.1) is 41.4 Å². The van der Waals surface area contributed by atoms with Gasteiger partial charge in [0.05, 0.1) is 53.6 Å². The van der Waals surface area contributed by atoms with E-state index < -0.39 is 83.0 Å². The second kappa shape index (κ2) is 17.3. The number of carboxylic acids is 1. The van der Waals surface area contributed by atoms with Crippen LogP contribution in [-0.4, -0.2) is 98.5 Å². The van der Waals surface area contributed by atoms with Gasteiger partial charge < -0.3 is 43.7 Å². The van der Waals surface area contributed by atoms with Gasteiger partial charge in [-0.15, -0.1) is 0 Å². The summed E-state index contributed by atoms with van der Waals surface area (Å²) in [6, 6.07) is 0. The molecule has 5 aliphatic rings. The Bertz CT molecular complexity index is 1440. The smallest absolute Gasteiger partial charge is 0.309 e. The van der Waals surface area contributed by atoms with Crippen LogP contribution in [0.2, 0.25) is 0 Å². The minimum absolute atomic E-state index is 0.0187. The van der Waals surface area contributed by atoms with Crippen LogP contribution < -0.4 is 0 Å². The number of carbonyl (C=O) groups is 3. The third-order valence-electron chi connectivity index (χ3n) is 14.7. The highest BCUT2D eigenvalue weighted by Gasteiger charge is 2.63. The first-order valence-corrected chi connectivity index (χ1v) is 21.6. The molecule has 0 saturated carbocycles. The van der Waals surface area contributed by atoms with Gasteiger partial charge in [0.15, 0.2) is 5.79 Å². The van der Waals surface area contributed by atoms with Gasteiger partial charge in [-0.3, -0.25) is 14.4 Å². The van der Waals surface area contributed by atoms with E-state index in [0.717, 1.165) is 6.42 Å². The van der Waals surface area contributed by atoms with Crippen molar-refractivity contribution in [3.8, 4) is 0 Å². The first-order valence-electron chi connectivity index (χ1n) is 21.6. The fourth-order valence-electron chi connectivity index (χ4n) is 10.9. The van der Waals surface area contributed by atoms with Crippen molar-refractivity contribution >= 4 is 17.7 Å². The van der Waals surface area contributed by atoms with Crippen molar-refractivity contribution in [1.82, 2.24) is 0 Å². The highest BCUT2D eigenvalue weighted by atomic mass is 16.8. The van der Waals surface area contributed by atoms with Crippen LogP contribution in [0.25, 0.3) is 0 Å². The van der Waals surface area contributed by atoms with Crippen LogP contribution in [0.3, 0.4) is 0 Å². The van der Waals surface area contributed by atoms with E-state index in [-0.39, 0.29) is 41.7 Å². The number of aliphatic hydroxyl groups excluding tert-OH is 1. The summed E-state index contributed by atoms with van der Waals surface area (Å²) < 4.78 is 39.7. The average molecular weight is 793 g/mol. The molecule has 4 fully saturated rings. The van der Waals surface area contributed by atoms with Crippen LogP contribution in [0.4, 0.5) is 0 Å². The summed E-state index contributed by atoms with van der Waals surface area (Å²) in [6.07, 6.45) is 5.34.